The summed E-state index contributed by atoms with van der Waals surface area (Å²) in [6.07, 6.45) is 4.89. The van der Waals surface area contributed by atoms with Gasteiger partial charge in [-0.2, -0.15) is 0 Å². The first kappa shape index (κ1) is 18.9. The average Bonchev–Trinajstić information content (AvgIpc) is 3.28. The molecule has 0 spiro atoms. The van der Waals surface area contributed by atoms with Crippen LogP contribution in [-0.2, 0) is 4.74 Å². The van der Waals surface area contributed by atoms with Crippen LogP contribution in [0, 0.1) is 23.6 Å². The van der Waals surface area contributed by atoms with E-state index in [-0.39, 0.29) is 5.82 Å². The van der Waals surface area contributed by atoms with Gasteiger partial charge in [-0.05, 0) is 79.8 Å². The second-order valence-electron chi connectivity index (χ2n) is 8.92. The maximum absolute atomic E-state index is 13.1. The molecule has 1 aromatic carbocycles. The lowest BCUT2D eigenvalue weighted by atomic mass is 10.00. The number of nitrogens with one attached hydrogen (secondary N) is 1. The molecule has 2 aromatic rings. The number of rotatable bonds is 5. The molecule has 2 saturated heterocycles. The summed E-state index contributed by atoms with van der Waals surface area (Å²) >= 11 is 0. The summed E-state index contributed by atoms with van der Waals surface area (Å²) in [7, 11) is 0. The van der Waals surface area contributed by atoms with E-state index in [9.17, 15) is 4.39 Å². The van der Waals surface area contributed by atoms with E-state index < -0.39 is 0 Å². The van der Waals surface area contributed by atoms with E-state index in [1.165, 1.54) is 57.5 Å². The van der Waals surface area contributed by atoms with E-state index >= 15 is 0 Å². The molecule has 29 heavy (non-hydrogen) atoms. The highest BCUT2D eigenvalue weighted by atomic mass is 19.1. The summed E-state index contributed by atoms with van der Waals surface area (Å²) in [5.41, 5.74) is 1.65. The third-order valence-electron chi connectivity index (χ3n) is 6.84. The molecule has 154 valence electrons. The fourth-order valence-electron chi connectivity index (χ4n) is 5.35. The number of anilines is 1. The third kappa shape index (κ3) is 4.43. The van der Waals surface area contributed by atoms with Crippen LogP contribution in [0.3, 0.4) is 0 Å². The second kappa shape index (κ2) is 8.36. The minimum absolute atomic E-state index is 0.238. The zero-order chi connectivity index (χ0) is 19.6. The van der Waals surface area contributed by atoms with Crippen LogP contribution in [0.1, 0.15) is 25.7 Å². The second-order valence-corrected chi connectivity index (χ2v) is 8.92. The van der Waals surface area contributed by atoms with Gasteiger partial charge < -0.3 is 15.0 Å². The van der Waals surface area contributed by atoms with E-state index in [2.05, 4.69) is 20.4 Å². The quantitative estimate of drug-likeness (QED) is 0.832. The van der Waals surface area contributed by atoms with Crippen LogP contribution in [0.5, 0.6) is 0 Å². The topological polar surface area (TPSA) is 50.3 Å². The van der Waals surface area contributed by atoms with Crippen molar-refractivity contribution >= 4 is 5.82 Å². The maximum atomic E-state index is 13.1. The number of hydrogen-bond acceptors (Lipinski definition) is 5. The summed E-state index contributed by atoms with van der Waals surface area (Å²) in [5, 5.41) is 12.3. The predicted octanol–water partition coefficient (Wildman–Crippen LogP) is 3.83. The minimum Gasteiger partial charge on any atom is -0.381 e. The summed E-state index contributed by atoms with van der Waals surface area (Å²) in [4.78, 5) is 2.69. The van der Waals surface area contributed by atoms with Gasteiger partial charge in [-0.25, -0.2) is 4.39 Å². The molecule has 3 fully saturated rings. The van der Waals surface area contributed by atoms with Crippen molar-refractivity contribution in [3.8, 4) is 11.3 Å². The number of fused-ring (bicyclic) bond motifs is 1. The molecule has 1 aliphatic carbocycles. The molecular weight excluding hydrogens is 367 g/mol. The van der Waals surface area contributed by atoms with Crippen LogP contribution < -0.4 is 5.32 Å². The molecule has 3 heterocycles. The Kier molecular flexibility index (Phi) is 5.46. The van der Waals surface area contributed by atoms with Crippen LogP contribution in [0.2, 0.25) is 0 Å². The zero-order valence-corrected chi connectivity index (χ0v) is 16.8. The molecule has 3 atom stereocenters. The SMILES string of the molecule is Fc1ccc(-c2ccc(N[C@H]3C[C@@H]4CN(CC5CCOCC5)C[C@@H]4C3)nn2)cc1. The van der Waals surface area contributed by atoms with Crippen molar-refractivity contribution in [3.63, 3.8) is 0 Å². The van der Waals surface area contributed by atoms with E-state index in [0.29, 0.717) is 6.04 Å². The van der Waals surface area contributed by atoms with Gasteiger partial charge in [0, 0.05) is 44.5 Å². The molecule has 5 rings (SSSR count). The standard InChI is InChI=1S/C23H29FN4O/c24-20-3-1-17(2-4-20)22-5-6-23(27-26-22)25-21-11-18-14-28(15-19(18)12-21)13-16-7-9-29-10-8-16/h1-6,16,18-19,21H,7-15H2,(H,25,27)/t18-,19+,21+. The zero-order valence-electron chi connectivity index (χ0n) is 16.8. The van der Waals surface area contributed by atoms with Gasteiger partial charge in [0.25, 0.3) is 0 Å². The summed E-state index contributed by atoms with van der Waals surface area (Å²) in [6.45, 7) is 5.63. The maximum Gasteiger partial charge on any atom is 0.148 e. The van der Waals surface area contributed by atoms with Crippen molar-refractivity contribution in [2.24, 2.45) is 17.8 Å². The van der Waals surface area contributed by atoms with Crippen LogP contribution in [-0.4, -0.2) is 54.0 Å². The van der Waals surface area contributed by atoms with Crippen LogP contribution in [0.15, 0.2) is 36.4 Å². The van der Waals surface area contributed by atoms with Gasteiger partial charge in [-0.1, -0.05) is 0 Å². The first-order valence-corrected chi connectivity index (χ1v) is 10.9. The lowest BCUT2D eigenvalue weighted by molar-refractivity contribution is 0.0545. The molecule has 1 aromatic heterocycles. The minimum atomic E-state index is -0.238. The fourth-order valence-corrected chi connectivity index (χ4v) is 5.35. The molecule has 3 aliphatic rings. The van der Waals surface area contributed by atoms with E-state index in [4.69, 9.17) is 4.74 Å². The summed E-state index contributed by atoms with van der Waals surface area (Å²) in [5.74, 6) is 3.03. The molecule has 0 radical (unpaired) electrons. The van der Waals surface area contributed by atoms with Gasteiger partial charge in [-0.15, -0.1) is 10.2 Å². The molecule has 2 aliphatic heterocycles. The molecule has 1 saturated carbocycles. The van der Waals surface area contributed by atoms with Crippen molar-refractivity contribution in [2.45, 2.75) is 31.7 Å². The number of benzene rings is 1. The van der Waals surface area contributed by atoms with Crippen LogP contribution >= 0.6 is 0 Å². The molecule has 5 nitrogen and oxygen atoms in total. The number of likely N-dealkylation sites (tertiary alicyclic amines) is 1. The van der Waals surface area contributed by atoms with Crippen LogP contribution in [0.25, 0.3) is 11.3 Å². The summed E-state index contributed by atoms with van der Waals surface area (Å²) in [6, 6.07) is 10.8. The van der Waals surface area contributed by atoms with E-state index in [1.54, 1.807) is 12.1 Å². The first-order chi connectivity index (χ1) is 14.2. The Balaban J connectivity index is 1.12. The lowest BCUT2D eigenvalue weighted by Crippen LogP contribution is -2.32. The average molecular weight is 397 g/mol. The first-order valence-electron chi connectivity index (χ1n) is 10.9. The van der Waals surface area contributed by atoms with Gasteiger partial charge >= 0.3 is 0 Å². The number of aromatic nitrogens is 2. The molecule has 0 amide bonds. The smallest absolute Gasteiger partial charge is 0.148 e. The highest BCUT2D eigenvalue weighted by Crippen LogP contribution is 2.39. The molecule has 0 unspecified atom stereocenters. The highest BCUT2D eigenvalue weighted by molar-refractivity contribution is 5.59. The van der Waals surface area contributed by atoms with Gasteiger partial charge in [0.15, 0.2) is 0 Å². The highest BCUT2D eigenvalue weighted by Gasteiger charge is 2.41. The Morgan fingerprint density at radius 2 is 1.69 bits per heavy atom. The Bertz CT molecular complexity index is 793. The van der Waals surface area contributed by atoms with Crippen molar-refractivity contribution in [2.75, 3.05) is 38.2 Å². The van der Waals surface area contributed by atoms with Gasteiger partial charge in [0.1, 0.15) is 11.6 Å². The Morgan fingerprint density at radius 1 is 0.966 bits per heavy atom. The Morgan fingerprint density at radius 3 is 2.34 bits per heavy atom. The molecule has 6 heteroatoms. The monoisotopic (exact) mass is 396 g/mol. The van der Waals surface area contributed by atoms with Crippen molar-refractivity contribution in [1.29, 1.82) is 0 Å². The number of hydrogen-bond donors (Lipinski definition) is 1. The third-order valence-corrected chi connectivity index (χ3v) is 6.84. The van der Waals surface area contributed by atoms with Gasteiger partial charge in [-0.3, -0.25) is 0 Å². The van der Waals surface area contributed by atoms with Gasteiger partial charge in [0.05, 0.1) is 5.69 Å². The van der Waals surface area contributed by atoms with E-state index in [1.807, 2.05) is 12.1 Å². The Labute approximate surface area is 171 Å². The normalized spacial score (nSPS) is 27.8. The van der Waals surface area contributed by atoms with Gasteiger partial charge in [0.2, 0.25) is 0 Å². The van der Waals surface area contributed by atoms with Crippen molar-refractivity contribution in [1.82, 2.24) is 15.1 Å². The number of ether oxygens (including phenoxy) is 1. The fraction of sp³-hybridized carbons (Fsp3) is 0.565. The van der Waals surface area contributed by atoms with Crippen LogP contribution in [0.4, 0.5) is 10.2 Å². The number of halogens is 1. The molecular formula is C23H29FN4O. The number of nitrogens with zero attached hydrogens (tertiary/aromatic N) is 3. The predicted molar refractivity (Wildman–Crippen MR) is 111 cm³/mol. The largest absolute Gasteiger partial charge is 0.381 e. The van der Waals surface area contributed by atoms with Crippen molar-refractivity contribution in [3.05, 3.63) is 42.2 Å². The summed E-state index contributed by atoms with van der Waals surface area (Å²) < 4.78 is 18.6. The molecule has 0 bridgehead atoms. The molecule has 1 N–H and O–H groups in total. The van der Waals surface area contributed by atoms with Crippen molar-refractivity contribution < 1.29 is 9.13 Å². The lowest BCUT2D eigenvalue weighted by Gasteiger charge is -2.27. The van der Waals surface area contributed by atoms with E-state index in [0.717, 1.165) is 48.0 Å². The Hall–Kier alpha value is -2.05.